The first-order valence-electron chi connectivity index (χ1n) is 6.99. The number of benzene rings is 2. The zero-order valence-corrected chi connectivity index (χ0v) is 12.1. The Hall–Kier alpha value is -3.21. The molecule has 0 fully saturated rings. The van der Waals surface area contributed by atoms with Gasteiger partial charge in [0.25, 0.3) is 11.8 Å². The number of hydrogen-bond donors (Lipinski definition) is 0. The Balaban J connectivity index is 1.85. The van der Waals surface area contributed by atoms with Crippen molar-refractivity contribution >= 4 is 17.8 Å². The monoisotopic (exact) mass is 307 g/mol. The number of nitrogens with zero attached hydrogens (tertiary/aromatic N) is 1. The van der Waals surface area contributed by atoms with Crippen molar-refractivity contribution in [3.8, 4) is 0 Å². The van der Waals surface area contributed by atoms with Crippen LogP contribution in [0.1, 0.15) is 31.1 Å². The fourth-order valence-corrected chi connectivity index (χ4v) is 2.40. The molecule has 1 aliphatic rings. The van der Waals surface area contributed by atoms with Crippen LogP contribution in [0.15, 0.2) is 67.3 Å². The van der Waals surface area contributed by atoms with Crippen molar-refractivity contribution in [2.24, 2.45) is 0 Å². The first-order chi connectivity index (χ1) is 11.1. The van der Waals surface area contributed by atoms with E-state index in [1.807, 2.05) is 0 Å². The molecule has 0 aliphatic carbocycles. The average molecular weight is 307 g/mol. The fraction of sp³-hybridized carbons (Fsp3) is 0.0556. The van der Waals surface area contributed by atoms with Crippen LogP contribution in [-0.4, -0.2) is 28.9 Å². The van der Waals surface area contributed by atoms with Crippen LogP contribution in [0.4, 0.5) is 0 Å². The van der Waals surface area contributed by atoms with Crippen molar-refractivity contribution in [1.29, 1.82) is 0 Å². The molecule has 1 unspecified atom stereocenters. The van der Waals surface area contributed by atoms with Crippen LogP contribution in [0, 0.1) is 0 Å². The number of esters is 1. The number of hydrogen-bond acceptors (Lipinski definition) is 4. The molecule has 2 aromatic rings. The summed E-state index contributed by atoms with van der Waals surface area (Å²) in [6.45, 7) is 3.56. The van der Waals surface area contributed by atoms with E-state index in [0.717, 1.165) is 4.90 Å². The molecule has 1 atom stereocenters. The van der Waals surface area contributed by atoms with Crippen molar-refractivity contribution in [2.75, 3.05) is 0 Å². The molecule has 0 saturated heterocycles. The zero-order chi connectivity index (χ0) is 16.4. The van der Waals surface area contributed by atoms with Gasteiger partial charge in [0, 0.05) is 0 Å². The second-order valence-corrected chi connectivity index (χ2v) is 4.92. The molecular formula is C18H13NO4. The van der Waals surface area contributed by atoms with Gasteiger partial charge >= 0.3 is 5.97 Å². The Morgan fingerprint density at radius 1 is 0.957 bits per heavy atom. The number of rotatable bonds is 4. The summed E-state index contributed by atoms with van der Waals surface area (Å²) in [5.74, 6) is -1.64. The van der Waals surface area contributed by atoms with Gasteiger partial charge in [-0.2, -0.15) is 0 Å². The number of carbonyl (C=O) groups is 3. The van der Waals surface area contributed by atoms with E-state index in [1.165, 1.54) is 6.08 Å². The smallest absolute Gasteiger partial charge is 0.340 e. The molecule has 3 rings (SSSR count). The highest BCUT2D eigenvalue weighted by atomic mass is 16.6. The Labute approximate surface area is 132 Å². The molecule has 1 aliphatic heterocycles. The third-order valence-corrected chi connectivity index (χ3v) is 3.52. The van der Waals surface area contributed by atoms with Crippen LogP contribution in [0.5, 0.6) is 0 Å². The average Bonchev–Trinajstić information content (AvgIpc) is 2.85. The molecule has 0 aromatic heterocycles. The summed E-state index contributed by atoms with van der Waals surface area (Å²) >= 11 is 0. The summed E-state index contributed by atoms with van der Waals surface area (Å²) < 4.78 is 5.27. The van der Waals surface area contributed by atoms with Gasteiger partial charge in [0.15, 0.2) is 0 Å². The summed E-state index contributed by atoms with van der Waals surface area (Å²) in [4.78, 5) is 37.8. The zero-order valence-electron chi connectivity index (χ0n) is 12.1. The van der Waals surface area contributed by atoms with E-state index in [4.69, 9.17) is 4.74 Å². The predicted molar refractivity (Wildman–Crippen MR) is 82.8 cm³/mol. The molecule has 114 valence electrons. The lowest BCUT2D eigenvalue weighted by Gasteiger charge is -2.23. The van der Waals surface area contributed by atoms with Crippen LogP contribution in [-0.2, 0) is 4.74 Å². The lowest BCUT2D eigenvalue weighted by molar-refractivity contribution is 0.00114. The topological polar surface area (TPSA) is 63.7 Å². The van der Waals surface area contributed by atoms with Crippen LogP contribution in [0.25, 0.3) is 0 Å². The minimum atomic E-state index is -1.16. The van der Waals surface area contributed by atoms with Gasteiger partial charge in [0.2, 0.25) is 6.23 Å². The minimum Gasteiger partial charge on any atom is -0.434 e. The van der Waals surface area contributed by atoms with Gasteiger partial charge in [-0.3, -0.25) is 9.59 Å². The van der Waals surface area contributed by atoms with Crippen molar-refractivity contribution < 1.29 is 19.1 Å². The van der Waals surface area contributed by atoms with Gasteiger partial charge in [-0.1, -0.05) is 36.9 Å². The molecule has 2 aromatic carbocycles. The highest BCUT2D eigenvalue weighted by Crippen LogP contribution is 2.25. The Kier molecular flexibility index (Phi) is 3.76. The van der Waals surface area contributed by atoms with Gasteiger partial charge in [-0.15, -0.1) is 0 Å². The molecule has 2 amide bonds. The molecule has 0 bridgehead atoms. The van der Waals surface area contributed by atoms with E-state index in [-0.39, 0.29) is 0 Å². The number of fused-ring (bicyclic) bond motifs is 1. The van der Waals surface area contributed by atoms with Crippen molar-refractivity contribution in [2.45, 2.75) is 6.23 Å². The van der Waals surface area contributed by atoms with Gasteiger partial charge in [0.05, 0.1) is 16.7 Å². The van der Waals surface area contributed by atoms with E-state index in [9.17, 15) is 14.4 Å². The molecule has 5 nitrogen and oxygen atoms in total. The van der Waals surface area contributed by atoms with Gasteiger partial charge < -0.3 is 4.74 Å². The van der Waals surface area contributed by atoms with Crippen LogP contribution in [0.2, 0.25) is 0 Å². The van der Waals surface area contributed by atoms with E-state index in [2.05, 4.69) is 6.58 Å². The fourth-order valence-electron chi connectivity index (χ4n) is 2.40. The quantitative estimate of drug-likeness (QED) is 0.495. The SMILES string of the molecule is C=CC(OC(=O)c1ccccc1)N1C(=O)c2ccccc2C1=O. The Bertz CT molecular complexity index is 763. The summed E-state index contributed by atoms with van der Waals surface area (Å²) in [7, 11) is 0. The van der Waals surface area contributed by atoms with E-state index < -0.39 is 24.0 Å². The van der Waals surface area contributed by atoms with Crippen molar-refractivity contribution in [3.63, 3.8) is 0 Å². The van der Waals surface area contributed by atoms with Crippen LogP contribution >= 0.6 is 0 Å². The maximum Gasteiger partial charge on any atom is 0.340 e. The molecule has 0 saturated carbocycles. The summed E-state index contributed by atoms with van der Waals surface area (Å²) in [5, 5.41) is 0. The first kappa shape index (κ1) is 14.7. The number of carbonyl (C=O) groups excluding carboxylic acids is 3. The molecule has 0 N–H and O–H groups in total. The lowest BCUT2D eigenvalue weighted by Crippen LogP contribution is -2.41. The van der Waals surface area contributed by atoms with Gasteiger partial charge in [-0.25, -0.2) is 9.69 Å². The molecular weight excluding hydrogens is 294 g/mol. The highest BCUT2D eigenvalue weighted by Gasteiger charge is 2.40. The second kappa shape index (κ2) is 5.88. The molecule has 1 heterocycles. The maximum atomic E-state index is 12.4. The number of ether oxygens (including phenoxy) is 1. The van der Waals surface area contributed by atoms with E-state index >= 15 is 0 Å². The Morgan fingerprint density at radius 3 is 2.00 bits per heavy atom. The summed E-state index contributed by atoms with van der Waals surface area (Å²) in [6.07, 6.45) is 0.0952. The van der Waals surface area contributed by atoms with Crippen LogP contribution in [0.3, 0.4) is 0 Å². The summed E-state index contributed by atoms with van der Waals surface area (Å²) in [6, 6.07) is 14.8. The first-order valence-corrected chi connectivity index (χ1v) is 6.99. The normalized spacial score (nSPS) is 14.3. The lowest BCUT2D eigenvalue weighted by atomic mass is 10.1. The molecule has 0 spiro atoms. The van der Waals surface area contributed by atoms with Gasteiger partial charge in [0.1, 0.15) is 0 Å². The van der Waals surface area contributed by atoms with Gasteiger partial charge in [-0.05, 0) is 30.3 Å². The third-order valence-electron chi connectivity index (χ3n) is 3.52. The number of imide groups is 1. The summed E-state index contributed by atoms with van der Waals surface area (Å²) in [5.41, 5.74) is 0.913. The standard InChI is InChI=1S/C18H13NO4/c1-2-15(23-18(22)12-8-4-3-5-9-12)19-16(20)13-10-6-7-11-14(13)17(19)21/h2-11,15H,1H2. The molecule has 23 heavy (non-hydrogen) atoms. The van der Waals surface area contributed by atoms with Crippen LogP contribution < -0.4 is 0 Å². The second-order valence-electron chi connectivity index (χ2n) is 4.92. The number of amides is 2. The van der Waals surface area contributed by atoms with E-state index in [1.54, 1.807) is 54.6 Å². The minimum absolute atomic E-state index is 0.292. The molecule has 5 heteroatoms. The largest absolute Gasteiger partial charge is 0.434 e. The van der Waals surface area contributed by atoms with Crippen molar-refractivity contribution in [3.05, 3.63) is 83.9 Å². The molecule has 0 radical (unpaired) electrons. The van der Waals surface area contributed by atoms with Crippen molar-refractivity contribution in [1.82, 2.24) is 4.90 Å². The predicted octanol–water partition coefficient (Wildman–Crippen LogP) is 2.65. The van der Waals surface area contributed by atoms with E-state index in [0.29, 0.717) is 16.7 Å². The highest BCUT2D eigenvalue weighted by molar-refractivity contribution is 6.21. The third kappa shape index (κ3) is 2.53. The Morgan fingerprint density at radius 2 is 1.48 bits per heavy atom. The maximum absolute atomic E-state index is 12.4.